The van der Waals surface area contributed by atoms with E-state index in [2.05, 4.69) is 4.98 Å². The number of ketones is 1. The lowest BCUT2D eigenvalue weighted by Crippen LogP contribution is -2.27. The molecule has 1 saturated heterocycles. The molecule has 0 bridgehead atoms. The van der Waals surface area contributed by atoms with E-state index in [1.165, 1.54) is 6.92 Å². The molecule has 120 valence electrons. The summed E-state index contributed by atoms with van der Waals surface area (Å²) in [5.74, 6) is -0.859. The maximum absolute atomic E-state index is 12.4. The highest BCUT2D eigenvalue weighted by Gasteiger charge is 2.23. The van der Waals surface area contributed by atoms with Crippen LogP contribution in [0.15, 0.2) is 36.0 Å². The number of rotatable bonds is 4. The maximum Gasteiger partial charge on any atom is 0.342 e. The minimum Gasteiger partial charge on any atom is -0.459 e. The third-order valence-electron chi connectivity index (χ3n) is 3.96. The second-order valence-corrected chi connectivity index (χ2v) is 5.62. The first-order chi connectivity index (χ1) is 11.1. The second-order valence-electron chi connectivity index (χ2n) is 5.62. The standard InChI is InChI=1S/C18H19NO4/c1-12(20)16(18(21)23-14-6-8-22-9-7-14)10-13-11-19-17-5-3-2-4-15(13)17/h2-5,10-11,14,19H,6-9H2,1H3/b16-10-. The van der Waals surface area contributed by atoms with Crippen LogP contribution in [0.5, 0.6) is 0 Å². The first-order valence-electron chi connectivity index (χ1n) is 7.72. The highest BCUT2D eigenvalue weighted by atomic mass is 16.6. The molecule has 0 atom stereocenters. The lowest BCUT2D eigenvalue weighted by atomic mass is 10.1. The van der Waals surface area contributed by atoms with Crippen LogP contribution in [0.4, 0.5) is 0 Å². The number of para-hydroxylation sites is 1. The van der Waals surface area contributed by atoms with Crippen LogP contribution in [-0.2, 0) is 19.1 Å². The zero-order valence-corrected chi connectivity index (χ0v) is 13.0. The van der Waals surface area contributed by atoms with Crippen molar-refractivity contribution in [2.24, 2.45) is 0 Å². The first kappa shape index (κ1) is 15.5. The van der Waals surface area contributed by atoms with Gasteiger partial charge in [-0.2, -0.15) is 0 Å². The SMILES string of the molecule is CC(=O)/C(=C/c1c[nH]c2ccccc12)C(=O)OC1CCOCC1. The number of Topliss-reactive ketones (excluding diaryl/α,β-unsaturated/α-hetero) is 1. The molecular formula is C18H19NO4. The molecule has 0 aliphatic carbocycles. The van der Waals surface area contributed by atoms with Gasteiger partial charge in [-0.3, -0.25) is 4.79 Å². The van der Waals surface area contributed by atoms with Gasteiger partial charge in [0.15, 0.2) is 5.78 Å². The van der Waals surface area contributed by atoms with Crippen molar-refractivity contribution < 1.29 is 19.1 Å². The Bertz CT molecular complexity index is 753. The van der Waals surface area contributed by atoms with Crippen LogP contribution in [0.3, 0.4) is 0 Å². The zero-order chi connectivity index (χ0) is 16.2. The van der Waals surface area contributed by atoms with Crippen LogP contribution in [0.25, 0.3) is 17.0 Å². The van der Waals surface area contributed by atoms with Crippen LogP contribution in [0.2, 0.25) is 0 Å². The maximum atomic E-state index is 12.4. The Balaban J connectivity index is 1.85. The lowest BCUT2D eigenvalue weighted by Gasteiger charge is -2.22. The van der Waals surface area contributed by atoms with Crippen LogP contribution < -0.4 is 0 Å². The van der Waals surface area contributed by atoms with E-state index in [1.54, 1.807) is 12.3 Å². The van der Waals surface area contributed by atoms with Gasteiger partial charge < -0.3 is 14.5 Å². The predicted octanol–water partition coefficient (Wildman–Crippen LogP) is 2.86. The van der Waals surface area contributed by atoms with E-state index in [1.807, 2.05) is 24.3 Å². The summed E-state index contributed by atoms with van der Waals surface area (Å²) in [6.45, 7) is 2.55. The van der Waals surface area contributed by atoms with E-state index in [9.17, 15) is 9.59 Å². The Morgan fingerprint density at radius 1 is 1.26 bits per heavy atom. The number of benzene rings is 1. The van der Waals surface area contributed by atoms with E-state index in [-0.39, 0.29) is 17.5 Å². The number of ether oxygens (including phenoxy) is 2. The second kappa shape index (κ2) is 6.79. The highest BCUT2D eigenvalue weighted by Crippen LogP contribution is 2.22. The van der Waals surface area contributed by atoms with Crippen molar-refractivity contribution in [2.75, 3.05) is 13.2 Å². The topological polar surface area (TPSA) is 68.4 Å². The Kier molecular flexibility index (Phi) is 4.57. The van der Waals surface area contributed by atoms with E-state index in [4.69, 9.17) is 9.47 Å². The molecule has 23 heavy (non-hydrogen) atoms. The molecule has 1 aromatic heterocycles. The third kappa shape index (κ3) is 3.51. The molecule has 0 radical (unpaired) electrons. The Hall–Kier alpha value is -2.40. The van der Waals surface area contributed by atoms with Crippen LogP contribution in [0.1, 0.15) is 25.3 Å². The molecule has 2 aromatic rings. The van der Waals surface area contributed by atoms with Crippen LogP contribution >= 0.6 is 0 Å². The normalized spacial score (nSPS) is 16.5. The Labute approximate surface area is 134 Å². The largest absolute Gasteiger partial charge is 0.459 e. The van der Waals surface area contributed by atoms with Gasteiger partial charge in [0.1, 0.15) is 11.7 Å². The van der Waals surface area contributed by atoms with Gasteiger partial charge >= 0.3 is 5.97 Å². The van der Waals surface area contributed by atoms with Crippen molar-refractivity contribution in [3.8, 4) is 0 Å². The monoisotopic (exact) mass is 313 g/mol. The predicted molar refractivity (Wildman–Crippen MR) is 86.9 cm³/mol. The fourth-order valence-corrected chi connectivity index (χ4v) is 2.68. The quantitative estimate of drug-likeness (QED) is 0.408. The Morgan fingerprint density at radius 2 is 2.00 bits per heavy atom. The number of carbonyl (C=O) groups excluding carboxylic acids is 2. The van der Waals surface area contributed by atoms with Crippen molar-refractivity contribution in [3.05, 3.63) is 41.6 Å². The minimum absolute atomic E-state index is 0.0706. The lowest BCUT2D eigenvalue weighted by molar-refractivity contribution is -0.149. The molecule has 1 N–H and O–H groups in total. The van der Waals surface area contributed by atoms with Gasteiger partial charge in [-0.05, 0) is 19.1 Å². The Morgan fingerprint density at radius 3 is 2.74 bits per heavy atom. The van der Waals surface area contributed by atoms with Crippen LogP contribution in [-0.4, -0.2) is 36.1 Å². The van der Waals surface area contributed by atoms with E-state index >= 15 is 0 Å². The highest BCUT2D eigenvalue weighted by molar-refractivity contribution is 6.20. The summed E-state index contributed by atoms with van der Waals surface area (Å²) in [4.78, 5) is 27.4. The van der Waals surface area contributed by atoms with Gasteiger partial charge in [0.05, 0.1) is 13.2 Å². The fraction of sp³-hybridized carbons (Fsp3) is 0.333. The molecule has 1 aliphatic heterocycles. The van der Waals surface area contributed by atoms with E-state index in [0.29, 0.717) is 26.1 Å². The molecule has 2 heterocycles. The van der Waals surface area contributed by atoms with Gasteiger partial charge in [0.2, 0.25) is 0 Å². The molecule has 5 heteroatoms. The number of carbonyl (C=O) groups is 2. The molecule has 5 nitrogen and oxygen atoms in total. The van der Waals surface area contributed by atoms with E-state index in [0.717, 1.165) is 16.5 Å². The summed E-state index contributed by atoms with van der Waals surface area (Å²) in [6.07, 6.45) is 4.55. The number of aromatic amines is 1. The summed E-state index contributed by atoms with van der Waals surface area (Å²) in [5, 5.41) is 0.963. The summed E-state index contributed by atoms with van der Waals surface area (Å²) in [7, 11) is 0. The van der Waals surface area contributed by atoms with Gasteiger partial charge in [0.25, 0.3) is 0 Å². The first-order valence-corrected chi connectivity index (χ1v) is 7.72. The summed E-state index contributed by atoms with van der Waals surface area (Å²) in [5.41, 5.74) is 1.83. The number of fused-ring (bicyclic) bond motifs is 1. The molecule has 0 saturated carbocycles. The molecule has 0 unspecified atom stereocenters. The van der Waals surface area contributed by atoms with Crippen molar-refractivity contribution in [3.63, 3.8) is 0 Å². The number of nitrogens with one attached hydrogen (secondary N) is 1. The van der Waals surface area contributed by atoms with Crippen molar-refractivity contribution >= 4 is 28.7 Å². The molecule has 1 aromatic carbocycles. The smallest absolute Gasteiger partial charge is 0.342 e. The number of hydrogen-bond donors (Lipinski definition) is 1. The summed E-state index contributed by atoms with van der Waals surface area (Å²) in [6, 6.07) is 7.73. The number of H-pyrrole nitrogens is 1. The molecular weight excluding hydrogens is 294 g/mol. The van der Waals surface area contributed by atoms with Gasteiger partial charge in [-0.25, -0.2) is 4.79 Å². The average molecular weight is 313 g/mol. The van der Waals surface area contributed by atoms with Gasteiger partial charge in [0, 0.05) is 35.5 Å². The third-order valence-corrected chi connectivity index (χ3v) is 3.96. The van der Waals surface area contributed by atoms with Crippen LogP contribution in [0, 0.1) is 0 Å². The summed E-state index contributed by atoms with van der Waals surface area (Å²) < 4.78 is 10.7. The molecule has 0 spiro atoms. The van der Waals surface area contributed by atoms with E-state index < -0.39 is 5.97 Å². The molecule has 1 aliphatic rings. The van der Waals surface area contributed by atoms with Gasteiger partial charge in [-0.1, -0.05) is 18.2 Å². The molecule has 0 amide bonds. The fourth-order valence-electron chi connectivity index (χ4n) is 2.68. The summed E-state index contributed by atoms with van der Waals surface area (Å²) >= 11 is 0. The van der Waals surface area contributed by atoms with Crippen molar-refractivity contribution in [2.45, 2.75) is 25.9 Å². The van der Waals surface area contributed by atoms with Gasteiger partial charge in [-0.15, -0.1) is 0 Å². The molecule has 1 fully saturated rings. The van der Waals surface area contributed by atoms with Crippen molar-refractivity contribution in [1.82, 2.24) is 4.98 Å². The number of hydrogen-bond acceptors (Lipinski definition) is 4. The molecule has 3 rings (SSSR count). The number of aromatic nitrogens is 1. The zero-order valence-electron chi connectivity index (χ0n) is 13.0. The number of esters is 1. The van der Waals surface area contributed by atoms with Crippen molar-refractivity contribution in [1.29, 1.82) is 0 Å². The average Bonchev–Trinajstić information content (AvgIpc) is 2.96. The minimum atomic E-state index is -0.560.